The van der Waals surface area contributed by atoms with E-state index in [0.29, 0.717) is 18.3 Å². The Kier molecular flexibility index (Phi) is 3.98. The van der Waals surface area contributed by atoms with Crippen molar-refractivity contribution in [1.82, 2.24) is 15.0 Å². The van der Waals surface area contributed by atoms with Crippen LogP contribution in [-0.4, -0.2) is 28.7 Å². The Hall–Kier alpha value is -1.79. The molecule has 1 atom stereocenters. The molecule has 0 fully saturated rings. The van der Waals surface area contributed by atoms with E-state index in [9.17, 15) is 4.39 Å². The molecule has 0 saturated heterocycles. The highest BCUT2D eigenvalue weighted by atomic mass is 19.1. The Morgan fingerprint density at radius 1 is 1.43 bits per heavy atom. The van der Waals surface area contributed by atoms with Crippen molar-refractivity contribution in [3.05, 3.63) is 46.9 Å². The van der Waals surface area contributed by atoms with Gasteiger partial charge in [0.2, 0.25) is 5.89 Å². The monoisotopic (exact) mass is 291 g/mol. The number of rotatable bonds is 4. The second-order valence-electron chi connectivity index (χ2n) is 5.29. The molecule has 0 bridgehead atoms. The van der Waals surface area contributed by atoms with Crippen LogP contribution < -0.4 is 0 Å². The Balaban J connectivity index is 1.73. The van der Waals surface area contributed by atoms with Crippen molar-refractivity contribution in [1.29, 1.82) is 0 Å². The average Bonchev–Trinajstić information content (AvgIpc) is 2.95. The number of hydrogen-bond donors (Lipinski definition) is 0. The molecule has 1 aliphatic heterocycles. The molecule has 0 saturated carbocycles. The van der Waals surface area contributed by atoms with Crippen molar-refractivity contribution in [2.75, 3.05) is 13.7 Å². The number of fused-ring (bicyclic) bond motifs is 1. The summed E-state index contributed by atoms with van der Waals surface area (Å²) in [6.07, 6.45) is 0.830. The van der Waals surface area contributed by atoms with E-state index in [4.69, 9.17) is 9.26 Å². The fourth-order valence-corrected chi connectivity index (χ4v) is 2.66. The number of benzene rings is 1. The van der Waals surface area contributed by atoms with Gasteiger partial charge in [-0.2, -0.15) is 4.98 Å². The van der Waals surface area contributed by atoms with Crippen molar-refractivity contribution >= 4 is 0 Å². The highest BCUT2D eigenvalue weighted by Gasteiger charge is 2.25. The summed E-state index contributed by atoms with van der Waals surface area (Å²) in [5, 5.41) is 3.89. The third-order valence-electron chi connectivity index (χ3n) is 3.87. The average molecular weight is 291 g/mol. The predicted molar refractivity (Wildman–Crippen MR) is 73.9 cm³/mol. The van der Waals surface area contributed by atoms with E-state index < -0.39 is 0 Å². The number of methoxy groups -OCH3 is 1. The van der Waals surface area contributed by atoms with Crippen LogP contribution in [0, 0.1) is 5.82 Å². The van der Waals surface area contributed by atoms with Crippen LogP contribution in [0.2, 0.25) is 0 Å². The van der Waals surface area contributed by atoms with Crippen molar-refractivity contribution in [3.63, 3.8) is 0 Å². The van der Waals surface area contributed by atoms with Crippen LogP contribution in [0.25, 0.3) is 0 Å². The van der Waals surface area contributed by atoms with Gasteiger partial charge in [-0.1, -0.05) is 11.2 Å². The molecule has 21 heavy (non-hydrogen) atoms. The summed E-state index contributed by atoms with van der Waals surface area (Å²) in [5.41, 5.74) is 2.25. The lowest BCUT2D eigenvalue weighted by Gasteiger charge is -2.31. The normalized spacial score (nSPS) is 16.7. The van der Waals surface area contributed by atoms with Gasteiger partial charge in [0, 0.05) is 20.2 Å². The van der Waals surface area contributed by atoms with Crippen LogP contribution in [0.4, 0.5) is 4.39 Å². The summed E-state index contributed by atoms with van der Waals surface area (Å²) < 4.78 is 23.5. The van der Waals surface area contributed by atoms with Crippen LogP contribution >= 0.6 is 0 Å². The first-order valence-electron chi connectivity index (χ1n) is 7.00. The van der Waals surface area contributed by atoms with Crippen molar-refractivity contribution in [2.45, 2.75) is 32.5 Å². The van der Waals surface area contributed by atoms with E-state index in [-0.39, 0.29) is 11.9 Å². The summed E-state index contributed by atoms with van der Waals surface area (Å²) in [4.78, 5) is 6.60. The third kappa shape index (κ3) is 2.96. The number of ether oxygens (including phenoxy) is 1. The zero-order valence-electron chi connectivity index (χ0n) is 12.2. The van der Waals surface area contributed by atoms with E-state index in [1.807, 2.05) is 13.0 Å². The van der Waals surface area contributed by atoms with Crippen molar-refractivity contribution < 1.29 is 13.7 Å². The Bertz CT molecular complexity index is 629. The highest BCUT2D eigenvalue weighted by Crippen LogP contribution is 2.27. The van der Waals surface area contributed by atoms with Gasteiger partial charge in [0.15, 0.2) is 5.82 Å². The fourth-order valence-electron chi connectivity index (χ4n) is 2.66. The van der Waals surface area contributed by atoms with Crippen LogP contribution in [0.3, 0.4) is 0 Å². The van der Waals surface area contributed by atoms with Gasteiger partial charge >= 0.3 is 0 Å². The molecule has 1 unspecified atom stereocenters. The molecule has 0 radical (unpaired) electrons. The maximum atomic E-state index is 13.2. The Morgan fingerprint density at radius 2 is 2.29 bits per heavy atom. The zero-order valence-corrected chi connectivity index (χ0v) is 12.2. The van der Waals surface area contributed by atoms with Gasteiger partial charge in [0.1, 0.15) is 12.4 Å². The first-order valence-corrected chi connectivity index (χ1v) is 7.00. The number of nitrogens with zero attached hydrogens (tertiary/aromatic N) is 3. The highest BCUT2D eigenvalue weighted by molar-refractivity contribution is 5.30. The maximum Gasteiger partial charge on any atom is 0.243 e. The minimum atomic E-state index is -0.170. The number of halogens is 1. The zero-order chi connectivity index (χ0) is 14.8. The van der Waals surface area contributed by atoms with Gasteiger partial charge in [0.05, 0.1) is 6.04 Å². The molecule has 3 rings (SSSR count). The van der Waals surface area contributed by atoms with Crippen molar-refractivity contribution in [3.8, 4) is 0 Å². The first kappa shape index (κ1) is 14.2. The number of aromatic nitrogens is 2. The predicted octanol–water partition coefficient (Wildman–Crippen LogP) is 2.47. The van der Waals surface area contributed by atoms with Crippen LogP contribution in [0.1, 0.15) is 35.8 Å². The van der Waals surface area contributed by atoms with Crippen molar-refractivity contribution in [2.24, 2.45) is 0 Å². The third-order valence-corrected chi connectivity index (χ3v) is 3.87. The molecular formula is C15H18FN3O2. The maximum absolute atomic E-state index is 13.2. The topological polar surface area (TPSA) is 51.4 Å². The molecule has 2 heterocycles. The smallest absolute Gasteiger partial charge is 0.243 e. The molecule has 1 aromatic carbocycles. The van der Waals surface area contributed by atoms with Crippen LogP contribution in [-0.2, 0) is 24.3 Å². The molecule has 0 N–H and O–H groups in total. The lowest BCUT2D eigenvalue weighted by Crippen LogP contribution is -2.33. The van der Waals surface area contributed by atoms with Crippen LogP contribution in [0.5, 0.6) is 0 Å². The SMILES string of the molecule is COCc1noc(C(C)N2CCc3cc(F)ccc3C2)n1. The molecule has 2 aromatic rings. The molecule has 112 valence electrons. The second kappa shape index (κ2) is 5.91. The molecule has 0 aliphatic carbocycles. The standard InChI is InChI=1S/C15H18FN3O2/c1-10(15-17-14(9-20-2)18-21-15)19-6-5-11-7-13(16)4-3-12(11)8-19/h3-4,7,10H,5-6,8-9H2,1-2H3. The van der Waals surface area contributed by atoms with Gasteiger partial charge in [-0.15, -0.1) is 0 Å². The summed E-state index contributed by atoms with van der Waals surface area (Å²) in [7, 11) is 1.60. The van der Waals surface area contributed by atoms with E-state index in [0.717, 1.165) is 30.6 Å². The molecule has 5 nitrogen and oxygen atoms in total. The quantitative estimate of drug-likeness (QED) is 0.866. The van der Waals surface area contributed by atoms with Gasteiger partial charge < -0.3 is 9.26 Å². The van der Waals surface area contributed by atoms with Gasteiger partial charge in [0.25, 0.3) is 0 Å². The summed E-state index contributed by atoms with van der Waals surface area (Å²) in [5.74, 6) is 0.975. The molecule has 0 spiro atoms. The lowest BCUT2D eigenvalue weighted by atomic mass is 9.98. The molecule has 6 heteroatoms. The fraction of sp³-hybridized carbons (Fsp3) is 0.467. The summed E-state index contributed by atoms with van der Waals surface area (Å²) in [6, 6.07) is 5.02. The van der Waals surface area contributed by atoms with Gasteiger partial charge in [-0.05, 0) is 36.6 Å². The minimum absolute atomic E-state index is 0.0290. The molecular weight excluding hydrogens is 273 g/mol. The lowest BCUT2D eigenvalue weighted by molar-refractivity contribution is 0.156. The van der Waals surface area contributed by atoms with Gasteiger partial charge in [-0.3, -0.25) is 4.90 Å². The Morgan fingerprint density at radius 3 is 3.10 bits per heavy atom. The minimum Gasteiger partial charge on any atom is -0.377 e. The van der Waals surface area contributed by atoms with E-state index >= 15 is 0 Å². The second-order valence-corrected chi connectivity index (χ2v) is 5.29. The molecule has 0 amide bonds. The van der Waals surface area contributed by atoms with Gasteiger partial charge in [-0.25, -0.2) is 4.39 Å². The summed E-state index contributed by atoms with van der Waals surface area (Å²) in [6.45, 7) is 4.00. The Labute approximate surface area is 122 Å². The number of hydrogen-bond acceptors (Lipinski definition) is 5. The van der Waals surface area contributed by atoms with E-state index in [1.54, 1.807) is 13.2 Å². The molecule has 1 aromatic heterocycles. The summed E-state index contributed by atoms with van der Waals surface area (Å²) >= 11 is 0. The molecule has 1 aliphatic rings. The largest absolute Gasteiger partial charge is 0.377 e. The van der Waals surface area contributed by atoms with E-state index in [1.165, 1.54) is 6.07 Å². The first-order chi connectivity index (χ1) is 10.2. The van der Waals surface area contributed by atoms with Crippen LogP contribution in [0.15, 0.2) is 22.7 Å². The van der Waals surface area contributed by atoms with E-state index in [2.05, 4.69) is 15.0 Å².